The predicted molar refractivity (Wildman–Crippen MR) is 81.0 cm³/mol. The van der Waals surface area contributed by atoms with Crippen molar-refractivity contribution in [1.29, 1.82) is 0 Å². The molecule has 0 radical (unpaired) electrons. The number of aliphatic hydroxyl groups is 2. The van der Waals surface area contributed by atoms with E-state index < -0.39 is 5.43 Å². The number of hydrogen-bond acceptors (Lipinski definition) is 5. The van der Waals surface area contributed by atoms with E-state index >= 15 is 0 Å². The molecule has 0 aliphatic carbocycles. The molecule has 0 aliphatic heterocycles. The molecule has 0 saturated carbocycles. The summed E-state index contributed by atoms with van der Waals surface area (Å²) in [6, 6.07) is 1.18. The fourth-order valence-electron chi connectivity index (χ4n) is 2.19. The smallest absolute Gasteiger partial charge is 0.223 e. The number of rotatable bonds is 9. The van der Waals surface area contributed by atoms with Gasteiger partial charge in [-0.05, 0) is 0 Å². The molecule has 1 aromatic heterocycles. The molecular weight excluding hydrogens is 272 g/mol. The standard InChI is InChI=1S/C15H22N2O4/c1-3-5-16(6-4-2)10-13-15(21)14(20)9-12(11-19)17(13)7-8-18/h3-4,9,18-19,21H,1-2,5-8,10-11H2. The maximum absolute atomic E-state index is 11.8. The minimum atomic E-state index is -0.541. The van der Waals surface area contributed by atoms with Crippen molar-refractivity contribution in [2.75, 3.05) is 19.7 Å². The Labute approximate surface area is 123 Å². The molecule has 0 unspecified atom stereocenters. The van der Waals surface area contributed by atoms with Crippen LogP contribution >= 0.6 is 0 Å². The first-order valence-corrected chi connectivity index (χ1v) is 6.69. The van der Waals surface area contributed by atoms with Crippen molar-refractivity contribution in [3.05, 3.63) is 53.0 Å². The Morgan fingerprint density at radius 2 is 1.86 bits per heavy atom. The van der Waals surface area contributed by atoms with Crippen LogP contribution in [0.3, 0.4) is 0 Å². The molecule has 0 amide bonds. The highest BCUT2D eigenvalue weighted by Crippen LogP contribution is 2.17. The molecule has 6 heteroatoms. The molecule has 116 valence electrons. The van der Waals surface area contributed by atoms with Gasteiger partial charge in [0.05, 0.1) is 18.9 Å². The highest BCUT2D eigenvalue weighted by molar-refractivity contribution is 5.30. The molecule has 0 saturated heterocycles. The highest BCUT2D eigenvalue weighted by atomic mass is 16.3. The number of aromatic nitrogens is 1. The lowest BCUT2D eigenvalue weighted by Crippen LogP contribution is -2.28. The van der Waals surface area contributed by atoms with Gasteiger partial charge in [0.15, 0.2) is 5.75 Å². The SMILES string of the molecule is C=CCN(CC=C)Cc1c(O)c(=O)cc(CO)n1CCO. The summed E-state index contributed by atoms with van der Waals surface area (Å²) >= 11 is 0. The number of aliphatic hydroxyl groups excluding tert-OH is 2. The van der Waals surface area contributed by atoms with E-state index in [0.29, 0.717) is 24.5 Å². The van der Waals surface area contributed by atoms with Gasteiger partial charge in [-0.3, -0.25) is 9.69 Å². The molecule has 6 nitrogen and oxygen atoms in total. The number of pyridine rings is 1. The zero-order chi connectivity index (χ0) is 15.8. The molecule has 0 aromatic carbocycles. The molecule has 21 heavy (non-hydrogen) atoms. The summed E-state index contributed by atoms with van der Waals surface area (Å²) in [4.78, 5) is 13.7. The minimum absolute atomic E-state index is 0.161. The van der Waals surface area contributed by atoms with Crippen LogP contribution in [0.1, 0.15) is 11.4 Å². The number of hydrogen-bond donors (Lipinski definition) is 3. The molecule has 1 heterocycles. The van der Waals surface area contributed by atoms with Crippen molar-refractivity contribution < 1.29 is 15.3 Å². The third kappa shape index (κ3) is 4.29. The first-order valence-electron chi connectivity index (χ1n) is 6.69. The minimum Gasteiger partial charge on any atom is -0.503 e. The van der Waals surface area contributed by atoms with Crippen LogP contribution in [-0.4, -0.2) is 44.5 Å². The second-order valence-electron chi connectivity index (χ2n) is 4.60. The van der Waals surface area contributed by atoms with E-state index in [9.17, 15) is 15.0 Å². The van der Waals surface area contributed by atoms with Crippen LogP contribution in [0.25, 0.3) is 0 Å². The Kier molecular flexibility index (Phi) is 6.87. The summed E-state index contributed by atoms with van der Waals surface area (Å²) in [5.41, 5.74) is 0.184. The maximum atomic E-state index is 11.8. The lowest BCUT2D eigenvalue weighted by molar-refractivity contribution is 0.238. The van der Waals surface area contributed by atoms with Gasteiger partial charge in [-0.2, -0.15) is 0 Å². The Hall–Kier alpha value is -1.89. The fourth-order valence-corrected chi connectivity index (χ4v) is 2.19. The van der Waals surface area contributed by atoms with Crippen molar-refractivity contribution in [2.45, 2.75) is 19.7 Å². The monoisotopic (exact) mass is 294 g/mol. The van der Waals surface area contributed by atoms with Crippen molar-refractivity contribution >= 4 is 0 Å². The first-order chi connectivity index (χ1) is 10.1. The Bertz CT molecular complexity index is 541. The van der Waals surface area contributed by atoms with E-state index in [4.69, 9.17) is 5.11 Å². The molecule has 3 N–H and O–H groups in total. The molecule has 0 aliphatic rings. The Morgan fingerprint density at radius 1 is 1.24 bits per heavy atom. The third-order valence-electron chi connectivity index (χ3n) is 3.11. The molecular formula is C15H22N2O4. The second-order valence-corrected chi connectivity index (χ2v) is 4.60. The summed E-state index contributed by atoms with van der Waals surface area (Å²) in [6.07, 6.45) is 3.43. The highest BCUT2D eigenvalue weighted by Gasteiger charge is 2.16. The van der Waals surface area contributed by atoms with Crippen molar-refractivity contribution in [2.24, 2.45) is 0 Å². The average molecular weight is 294 g/mol. The van der Waals surface area contributed by atoms with Crippen LogP contribution < -0.4 is 5.43 Å². The van der Waals surface area contributed by atoms with Crippen molar-refractivity contribution in [3.63, 3.8) is 0 Å². The molecule has 1 aromatic rings. The largest absolute Gasteiger partial charge is 0.503 e. The number of aromatic hydroxyl groups is 1. The van der Waals surface area contributed by atoms with E-state index in [1.807, 2.05) is 4.90 Å². The van der Waals surface area contributed by atoms with Crippen LogP contribution in [-0.2, 0) is 19.7 Å². The zero-order valence-corrected chi connectivity index (χ0v) is 12.0. The molecule has 0 spiro atoms. The van der Waals surface area contributed by atoms with Crippen molar-refractivity contribution in [1.82, 2.24) is 9.47 Å². The van der Waals surface area contributed by atoms with E-state index in [-0.39, 0.29) is 32.1 Å². The average Bonchev–Trinajstić information content (AvgIpc) is 2.47. The molecule has 0 bridgehead atoms. The van der Waals surface area contributed by atoms with Crippen molar-refractivity contribution in [3.8, 4) is 5.75 Å². The van der Waals surface area contributed by atoms with Crippen LogP contribution in [0.5, 0.6) is 5.75 Å². The van der Waals surface area contributed by atoms with Crippen LogP contribution in [0.4, 0.5) is 0 Å². The van der Waals surface area contributed by atoms with Gasteiger partial charge in [-0.25, -0.2) is 0 Å². The van der Waals surface area contributed by atoms with E-state index in [2.05, 4.69) is 13.2 Å². The van der Waals surface area contributed by atoms with Crippen LogP contribution in [0.15, 0.2) is 36.2 Å². The molecule has 1 rings (SSSR count). The van der Waals surface area contributed by atoms with Crippen LogP contribution in [0.2, 0.25) is 0 Å². The van der Waals surface area contributed by atoms with Gasteiger partial charge in [0.1, 0.15) is 0 Å². The van der Waals surface area contributed by atoms with Gasteiger partial charge in [0.2, 0.25) is 5.43 Å². The van der Waals surface area contributed by atoms with Gasteiger partial charge >= 0.3 is 0 Å². The Balaban J connectivity index is 3.29. The lowest BCUT2D eigenvalue weighted by Gasteiger charge is -2.24. The predicted octanol–water partition coefficient (Wildman–Crippen LogP) is 0.212. The molecule has 0 atom stereocenters. The lowest BCUT2D eigenvalue weighted by atomic mass is 10.2. The fraction of sp³-hybridized carbons (Fsp3) is 0.400. The maximum Gasteiger partial charge on any atom is 0.223 e. The summed E-state index contributed by atoms with van der Waals surface area (Å²) in [5, 5.41) is 28.5. The van der Waals surface area contributed by atoms with E-state index in [0.717, 1.165) is 0 Å². The summed E-state index contributed by atoms with van der Waals surface area (Å²) in [5.74, 6) is -0.362. The van der Waals surface area contributed by atoms with E-state index in [1.54, 1.807) is 16.7 Å². The van der Waals surface area contributed by atoms with Gasteiger partial charge in [-0.15, -0.1) is 13.2 Å². The van der Waals surface area contributed by atoms with Crippen LogP contribution in [0, 0.1) is 0 Å². The summed E-state index contributed by atoms with van der Waals surface area (Å²) < 4.78 is 1.57. The topological polar surface area (TPSA) is 85.9 Å². The first kappa shape index (κ1) is 17.2. The van der Waals surface area contributed by atoms with Gasteiger partial charge in [0.25, 0.3) is 0 Å². The normalized spacial score (nSPS) is 10.8. The van der Waals surface area contributed by atoms with E-state index in [1.165, 1.54) is 6.07 Å². The third-order valence-corrected chi connectivity index (χ3v) is 3.11. The summed E-state index contributed by atoms with van der Waals surface area (Å²) in [7, 11) is 0. The zero-order valence-electron chi connectivity index (χ0n) is 12.0. The van der Waals surface area contributed by atoms with Gasteiger partial charge in [-0.1, -0.05) is 12.2 Å². The Morgan fingerprint density at radius 3 is 2.33 bits per heavy atom. The second kappa shape index (κ2) is 8.41. The molecule has 0 fully saturated rings. The number of nitrogens with zero attached hydrogens (tertiary/aromatic N) is 2. The summed E-state index contributed by atoms with van der Waals surface area (Å²) in [6.45, 7) is 8.43. The van der Waals surface area contributed by atoms with Gasteiger partial charge < -0.3 is 19.9 Å². The quantitative estimate of drug-likeness (QED) is 0.567. The van der Waals surface area contributed by atoms with Gasteiger partial charge in [0, 0.05) is 37.9 Å².